The quantitative estimate of drug-likeness (QED) is 0.785. The fraction of sp³-hybridized carbons (Fsp3) is 0. The first-order chi connectivity index (χ1) is 9.45. The summed E-state index contributed by atoms with van der Waals surface area (Å²) < 4.78 is 0.516. The second-order valence-electron chi connectivity index (χ2n) is 3.79. The number of hydrogen-bond acceptors (Lipinski definition) is 4. The van der Waals surface area contributed by atoms with E-state index in [4.69, 9.17) is 5.11 Å². The van der Waals surface area contributed by atoms with Crippen molar-refractivity contribution < 1.29 is 14.7 Å². The molecule has 1 heterocycles. The highest BCUT2D eigenvalue weighted by molar-refractivity contribution is 9.10. The predicted octanol–water partition coefficient (Wildman–Crippen LogP) is 1.48. The van der Waals surface area contributed by atoms with E-state index >= 15 is 0 Å². The van der Waals surface area contributed by atoms with E-state index in [0.29, 0.717) is 10.2 Å². The van der Waals surface area contributed by atoms with Crippen molar-refractivity contribution in [1.29, 1.82) is 0 Å². The Labute approximate surface area is 120 Å². The van der Waals surface area contributed by atoms with Crippen LogP contribution in [0.4, 0.5) is 5.69 Å². The van der Waals surface area contributed by atoms with Crippen LogP contribution in [0.1, 0.15) is 20.8 Å². The van der Waals surface area contributed by atoms with E-state index in [9.17, 15) is 14.4 Å². The van der Waals surface area contributed by atoms with E-state index in [1.807, 2.05) is 0 Å². The SMILES string of the molecule is O=C(O)c1cc(Br)cc(NC(=O)c2ccc(=O)[nH]n2)c1. The topological polar surface area (TPSA) is 112 Å². The molecular formula is C12H8BrN3O4. The lowest BCUT2D eigenvalue weighted by molar-refractivity contribution is 0.0696. The van der Waals surface area contributed by atoms with E-state index in [-0.39, 0.29) is 11.3 Å². The molecule has 0 atom stereocenters. The number of anilines is 1. The molecule has 0 aliphatic carbocycles. The van der Waals surface area contributed by atoms with Crippen molar-refractivity contribution in [1.82, 2.24) is 10.2 Å². The number of rotatable bonds is 3. The van der Waals surface area contributed by atoms with Crippen LogP contribution in [-0.2, 0) is 0 Å². The fourth-order valence-corrected chi connectivity index (χ4v) is 1.94. The Balaban J connectivity index is 2.25. The van der Waals surface area contributed by atoms with Gasteiger partial charge in [-0.05, 0) is 24.3 Å². The van der Waals surface area contributed by atoms with Gasteiger partial charge in [-0.3, -0.25) is 9.59 Å². The number of carboxylic acids is 1. The van der Waals surface area contributed by atoms with E-state index < -0.39 is 17.4 Å². The minimum atomic E-state index is -1.11. The summed E-state index contributed by atoms with van der Waals surface area (Å²) >= 11 is 3.16. The third-order valence-corrected chi connectivity index (χ3v) is 2.77. The van der Waals surface area contributed by atoms with Gasteiger partial charge in [0.2, 0.25) is 0 Å². The Bertz CT molecular complexity index is 721. The van der Waals surface area contributed by atoms with Crippen LogP contribution in [0.5, 0.6) is 0 Å². The van der Waals surface area contributed by atoms with Crippen LogP contribution in [0.3, 0.4) is 0 Å². The maximum Gasteiger partial charge on any atom is 0.335 e. The Kier molecular flexibility index (Phi) is 3.94. The zero-order chi connectivity index (χ0) is 14.7. The molecule has 0 saturated carbocycles. The molecule has 1 aromatic carbocycles. The summed E-state index contributed by atoms with van der Waals surface area (Å²) in [7, 11) is 0. The average Bonchev–Trinajstić information content (AvgIpc) is 2.38. The van der Waals surface area contributed by atoms with Gasteiger partial charge in [0.05, 0.1) is 5.56 Å². The van der Waals surface area contributed by atoms with Gasteiger partial charge in [-0.1, -0.05) is 15.9 Å². The van der Waals surface area contributed by atoms with Crippen molar-refractivity contribution in [2.75, 3.05) is 5.32 Å². The third-order valence-electron chi connectivity index (χ3n) is 2.31. The number of carboxylic acid groups (broad SMARTS) is 1. The van der Waals surface area contributed by atoms with Crippen LogP contribution in [-0.4, -0.2) is 27.2 Å². The average molecular weight is 338 g/mol. The monoisotopic (exact) mass is 337 g/mol. The van der Waals surface area contributed by atoms with Crippen molar-refractivity contribution >= 4 is 33.5 Å². The lowest BCUT2D eigenvalue weighted by Gasteiger charge is -2.06. The lowest BCUT2D eigenvalue weighted by Crippen LogP contribution is -2.17. The van der Waals surface area contributed by atoms with Crippen molar-refractivity contribution in [3.63, 3.8) is 0 Å². The van der Waals surface area contributed by atoms with Gasteiger partial charge >= 0.3 is 5.97 Å². The van der Waals surface area contributed by atoms with Crippen LogP contribution >= 0.6 is 15.9 Å². The Hall–Kier alpha value is -2.48. The number of aromatic amines is 1. The van der Waals surface area contributed by atoms with Gasteiger partial charge in [0, 0.05) is 16.2 Å². The van der Waals surface area contributed by atoms with Crippen LogP contribution < -0.4 is 10.9 Å². The summed E-state index contributed by atoms with van der Waals surface area (Å²) in [4.78, 5) is 33.6. The molecule has 0 saturated heterocycles. The maximum absolute atomic E-state index is 11.9. The number of amides is 1. The number of benzene rings is 1. The standard InChI is InChI=1S/C12H8BrN3O4/c13-7-3-6(12(19)20)4-8(5-7)14-11(18)9-1-2-10(17)16-15-9/h1-5H,(H,14,18)(H,16,17)(H,19,20). The first-order valence-electron chi connectivity index (χ1n) is 5.36. The molecule has 3 N–H and O–H groups in total. The molecule has 0 aliphatic rings. The number of aromatic nitrogens is 2. The molecule has 7 nitrogen and oxygen atoms in total. The fourth-order valence-electron chi connectivity index (χ4n) is 1.45. The number of H-pyrrole nitrogens is 1. The van der Waals surface area contributed by atoms with Crippen molar-refractivity contribution in [2.45, 2.75) is 0 Å². The molecule has 2 aromatic rings. The first kappa shape index (κ1) is 13.9. The number of nitrogens with zero attached hydrogens (tertiary/aromatic N) is 1. The summed E-state index contributed by atoms with van der Waals surface area (Å²) in [6.45, 7) is 0. The molecule has 0 fully saturated rings. The molecule has 0 aliphatic heterocycles. The second kappa shape index (κ2) is 5.66. The summed E-state index contributed by atoms with van der Waals surface area (Å²) in [5, 5.41) is 17.1. The van der Waals surface area contributed by atoms with E-state index in [1.165, 1.54) is 24.3 Å². The second-order valence-corrected chi connectivity index (χ2v) is 4.71. The molecule has 0 spiro atoms. The summed E-state index contributed by atoms with van der Waals surface area (Å²) in [6, 6.07) is 6.72. The number of nitrogens with one attached hydrogen (secondary N) is 2. The zero-order valence-corrected chi connectivity index (χ0v) is 11.5. The van der Waals surface area contributed by atoms with Gasteiger partial charge in [0.25, 0.3) is 11.5 Å². The molecule has 0 unspecified atom stereocenters. The van der Waals surface area contributed by atoms with Crippen molar-refractivity contribution in [3.8, 4) is 0 Å². The predicted molar refractivity (Wildman–Crippen MR) is 73.9 cm³/mol. The van der Waals surface area contributed by atoms with E-state index in [1.54, 1.807) is 6.07 Å². The number of aromatic carboxylic acids is 1. The minimum Gasteiger partial charge on any atom is -0.478 e. The molecular weight excluding hydrogens is 330 g/mol. The van der Waals surface area contributed by atoms with Crippen molar-refractivity contribution in [3.05, 3.63) is 56.4 Å². The third kappa shape index (κ3) is 3.29. The van der Waals surface area contributed by atoms with Gasteiger partial charge in [0.1, 0.15) is 5.69 Å². The van der Waals surface area contributed by atoms with Crippen LogP contribution in [0, 0.1) is 0 Å². The number of carbonyl (C=O) groups excluding carboxylic acids is 1. The van der Waals surface area contributed by atoms with Gasteiger partial charge in [-0.15, -0.1) is 0 Å². The van der Waals surface area contributed by atoms with E-state index in [2.05, 4.69) is 31.4 Å². The Morgan fingerprint density at radius 3 is 2.60 bits per heavy atom. The lowest BCUT2D eigenvalue weighted by atomic mass is 10.2. The normalized spacial score (nSPS) is 10.1. The zero-order valence-electron chi connectivity index (χ0n) is 9.88. The van der Waals surface area contributed by atoms with Gasteiger partial charge < -0.3 is 10.4 Å². The molecule has 1 aromatic heterocycles. The largest absolute Gasteiger partial charge is 0.478 e. The highest BCUT2D eigenvalue weighted by Crippen LogP contribution is 2.20. The number of hydrogen-bond donors (Lipinski definition) is 3. The minimum absolute atomic E-state index is 0.0152. The summed E-state index contributed by atoms with van der Waals surface area (Å²) in [6.07, 6.45) is 0. The van der Waals surface area contributed by atoms with Crippen LogP contribution in [0.15, 0.2) is 39.6 Å². The molecule has 8 heteroatoms. The number of carbonyl (C=O) groups is 2. The molecule has 0 radical (unpaired) electrons. The first-order valence-corrected chi connectivity index (χ1v) is 6.16. The maximum atomic E-state index is 11.9. The van der Waals surface area contributed by atoms with Gasteiger partial charge in [0.15, 0.2) is 0 Å². The van der Waals surface area contributed by atoms with Crippen molar-refractivity contribution in [2.24, 2.45) is 0 Å². The molecule has 1 amide bonds. The molecule has 2 rings (SSSR count). The Morgan fingerprint density at radius 2 is 2.00 bits per heavy atom. The Morgan fingerprint density at radius 1 is 1.25 bits per heavy atom. The van der Waals surface area contributed by atoms with E-state index in [0.717, 1.165) is 0 Å². The highest BCUT2D eigenvalue weighted by atomic mass is 79.9. The summed E-state index contributed by atoms with van der Waals surface area (Å²) in [5.41, 5.74) is -0.0718. The molecule has 102 valence electrons. The molecule has 20 heavy (non-hydrogen) atoms. The van der Waals surface area contributed by atoms with Gasteiger partial charge in [-0.25, -0.2) is 9.89 Å². The van der Waals surface area contributed by atoms with Gasteiger partial charge in [-0.2, -0.15) is 5.10 Å². The highest BCUT2D eigenvalue weighted by Gasteiger charge is 2.11. The smallest absolute Gasteiger partial charge is 0.335 e. The number of halogens is 1. The van der Waals surface area contributed by atoms with Crippen LogP contribution in [0.2, 0.25) is 0 Å². The summed E-state index contributed by atoms with van der Waals surface area (Å²) in [5.74, 6) is -1.67. The van der Waals surface area contributed by atoms with Crippen LogP contribution in [0.25, 0.3) is 0 Å². The molecule has 0 bridgehead atoms.